The minimum absolute atomic E-state index is 0.341. The number of carbonyl (C=O) groups excluding carboxylic acids is 1. The number of hydrogen-bond donors (Lipinski definition) is 2. The molecule has 0 aliphatic heterocycles. The van der Waals surface area contributed by atoms with Crippen molar-refractivity contribution in [3.63, 3.8) is 0 Å². The molecule has 1 amide bonds. The van der Waals surface area contributed by atoms with E-state index in [-0.39, 0.29) is 11.9 Å². The topological polar surface area (TPSA) is 64.3 Å². The van der Waals surface area contributed by atoms with E-state index in [1.54, 1.807) is 7.11 Å². The number of hydrogen-bond acceptors (Lipinski definition) is 3. The van der Waals surface area contributed by atoms with Gasteiger partial charge in [-0.25, -0.2) is 0 Å². The zero-order valence-corrected chi connectivity index (χ0v) is 9.38. The fourth-order valence-electron chi connectivity index (χ4n) is 1.35. The average molecular weight is 202 g/mol. The molecule has 3 N–H and O–H groups in total. The van der Waals surface area contributed by atoms with Crippen molar-refractivity contribution in [2.24, 2.45) is 11.7 Å². The van der Waals surface area contributed by atoms with E-state index in [0.29, 0.717) is 12.5 Å². The van der Waals surface area contributed by atoms with Gasteiger partial charge in [0.05, 0.1) is 6.61 Å². The van der Waals surface area contributed by atoms with Crippen LogP contribution in [0.15, 0.2) is 0 Å². The highest BCUT2D eigenvalue weighted by Gasteiger charge is 2.14. The first kappa shape index (κ1) is 13.4. The minimum Gasteiger partial charge on any atom is -0.383 e. The summed E-state index contributed by atoms with van der Waals surface area (Å²) in [7, 11) is 1.56. The monoisotopic (exact) mass is 202 g/mol. The minimum atomic E-state index is -0.362. The summed E-state index contributed by atoms with van der Waals surface area (Å²) >= 11 is 0. The Balaban J connectivity index is 3.75. The first-order valence-corrected chi connectivity index (χ1v) is 5.13. The Bertz CT molecular complexity index is 162. The number of rotatable bonds is 8. The maximum absolute atomic E-state index is 10.9. The summed E-state index contributed by atoms with van der Waals surface area (Å²) < 4.78 is 4.89. The molecule has 0 radical (unpaired) electrons. The van der Waals surface area contributed by atoms with Gasteiger partial charge in [-0.3, -0.25) is 4.79 Å². The second-order valence-corrected chi connectivity index (χ2v) is 3.71. The van der Waals surface area contributed by atoms with Crippen LogP contribution in [0.1, 0.15) is 26.7 Å². The van der Waals surface area contributed by atoms with Crippen molar-refractivity contribution in [2.75, 3.05) is 20.3 Å². The van der Waals surface area contributed by atoms with Gasteiger partial charge in [0, 0.05) is 7.11 Å². The largest absolute Gasteiger partial charge is 0.383 e. The quantitative estimate of drug-likeness (QED) is 0.603. The van der Waals surface area contributed by atoms with Gasteiger partial charge in [-0.05, 0) is 18.9 Å². The molecule has 0 bridgehead atoms. The van der Waals surface area contributed by atoms with Crippen molar-refractivity contribution in [2.45, 2.75) is 32.7 Å². The number of nitrogens with one attached hydrogen (secondary N) is 1. The molecule has 4 heteroatoms. The Kier molecular flexibility index (Phi) is 7.42. The lowest BCUT2D eigenvalue weighted by molar-refractivity contribution is -0.121. The molecule has 0 aromatic rings. The lowest BCUT2D eigenvalue weighted by Crippen LogP contribution is -2.45. The molecular formula is C10H22N2O2. The maximum Gasteiger partial charge on any atom is 0.236 e. The van der Waals surface area contributed by atoms with Gasteiger partial charge in [0.15, 0.2) is 0 Å². The third kappa shape index (κ3) is 5.94. The molecule has 84 valence electrons. The van der Waals surface area contributed by atoms with Crippen molar-refractivity contribution in [3.05, 3.63) is 0 Å². The molecule has 2 unspecified atom stereocenters. The number of nitrogens with two attached hydrogens (primary N) is 1. The van der Waals surface area contributed by atoms with Gasteiger partial charge in [0.2, 0.25) is 5.91 Å². The van der Waals surface area contributed by atoms with E-state index in [2.05, 4.69) is 19.2 Å². The van der Waals surface area contributed by atoms with E-state index in [1.807, 2.05) is 0 Å². The van der Waals surface area contributed by atoms with Crippen molar-refractivity contribution >= 4 is 5.91 Å². The van der Waals surface area contributed by atoms with E-state index in [4.69, 9.17) is 10.5 Å². The molecule has 0 rings (SSSR count). The molecule has 14 heavy (non-hydrogen) atoms. The van der Waals surface area contributed by atoms with Gasteiger partial charge in [0.1, 0.15) is 6.04 Å². The molecule has 0 spiro atoms. The highest BCUT2D eigenvalue weighted by Crippen LogP contribution is 2.03. The van der Waals surface area contributed by atoms with Crippen LogP contribution in [0.3, 0.4) is 0 Å². The van der Waals surface area contributed by atoms with Crippen LogP contribution in [0.2, 0.25) is 0 Å². The van der Waals surface area contributed by atoms with E-state index in [9.17, 15) is 4.79 Å². The normalized spacial score (nSPS) is 15.1. The summed E-state index contributed by atoms with van der Waals surface area (Å²) in [5, 5.41) is 3.11. The first-order valence-electron chi connectivity index (χ1n) is 5.13. The highest BCUT2D eigenvalue weighted by molar-refractivity contribution is 5.79. The maximum atomic E-state index is 10.9. The van der Waals surface area contributed by atoms with Crippen LogP contribution in [0.5, 0.6) is 0 Å². The van der Waals surface area contributed by atoms with Crippen LogP contribution in [-0.2, 0) is 9.53 Å². The number of amides is 1. The van der Waals surface area contributed by atoms with Crippen molar-refractivity contribution in [1.29, 1.82) is 0 Å². The molecule has 4 nitrogen and oxygen atoms in total. The second kappa shape index (κ2) is 7.76. The first-order chi connectivity index (χ1) is 6.61. The smallest absolute Gasteiger partial charge is 0.236 e. The summed E-state index contributed by atoms with van der Waals surface area (Å²) in [6.07, 6.45) is 2.32. The van der Waals surface area contributed by atoms with Gasteiger partial charge in [-0.15, -0.1) is 0 Å². The Labute approximate surface area is 86.2 Å². The predicted molar refractivity (Wildman–Crippen MR) is 56.9 cm³/mol. The third-order valence-corrected chi connectivity index (χ3v) is 2.17. The standard InChI is InChI=1S/C10H22N2O2/c1-4-5-8(2)6-12-9(7-14-3)10(11)13/h8-9,12H,4-7H2,1-3H3,(H2,11,13). The third-order valence-electron chi connectivity index (χ3n) is 2.17. The SMILES string of the molecule is CCCC(C)CNC(COC)C(N)=O. The predicted octanol–water partition coefficient (Wildman–Crippen LogP) is 0.513. The molecule has 0 saturated carbocycles. The molecule has 0 fully saturated rings. The summed E-state index contributed by atoms with van der Waals surface area (Å²) in [4.78, 5) is 10.9. The highest BCUT2D eigenvalue weighted by atomic mass is 16.5. The molecule has 2 atom stereocenters. The Morgan fingerprint density at radius 3 is 2.64 bits per heavy atom. The molecular weight excluding hydrogens is 180 g/mol. The molecule has 0 saturated heterocycles. The molecule has 0 aliphatic carbocycles. The number of carbonyl (C=O) groups is 1. The van der Waals surface area contributed by atoms with E-state index in [1.165, 1.54) is 0 Å². The number of primary amides is 1. The zero-order valence-electron chi connectivity index (χ0n) is 9.38. The van der Waals surface area contributed by atoms with Crippen LogP contribution in [0, 0.1) is 5.92 Å². The summed E-state index contributed by atoms with van der Waals surface area (Å²) in [5.41, 5.74) is 5.20. The van der Waals surface area contributed by atoms with Crippen molar-refractivity contribution in [1.82, 2.24) is 5.32 Å². The van der Waals surface area contributed by atoms with Crippen molar-refractivity contribution < 1.29 is 9.53 Å². The van der Waals surface area contributed by atoms with Gasteiger partial charge in [-0.1, -0.05) is 20.3 Å². The lowest BCUT2D eigenvalue weighted by atomic mass is 10.1. The van der Waals surface area contributed by atoms with Gasteiger partial charge >= 0.3 is 0 Å². The van der Waals surface area contributed by atoms with Crippen LogP contribution >= 0.6 is 0 Å². The van der Waals surface area contributed by atoms with Gasteiger partial charge < -0.3 is 15.8 Å². The van der Waals surface area contributed by atoms with Crippen LogP contribution in [0.4, 0.5) is 0 Å². The molecule has 0 aromatic heterocycles. The van der Waals surface area contributed by atoms with E-state index < -0.39 is 0 Å². The van der Waals surface area contributed by atoms with E-state index in [0.717, 1.165) is 19.4 Å². The summed E-state index contributed by atoms with van der Waals surface area (Å²) in [6, 6.07) is -0.362. The average Bonchev–Trinajstić information content (AvgIpc) is 2.12. The fourth-order valence-corrected chi connectivity index (χ4v) is 1.35. The molecule has 0 aromatic carbocycles. The number of ether oxygens (including phenoxy) is 1. The zero-order chi connectivity index (χ0) is 11.0. The van der Waals surface area contributed by atoms with Crippen LogP contribution < -0.4 is 11.1 Å². The lowest BCUT2D eigenvalue weighted by Gasteiger charge is -2.17. The second-order valence-electron chi connectivity index (χ2n) is 3.71. The van der Waals surface area contributed by atoms with Gasteiger partial charge in [0.25, 0.3) is 0 Å². The van der Waals surface area contributed by atoms with Crippen molar-refractivity contribution in [3.8, 4) is 0 Å². The van der Waals surface area contributed by atoms with E-state index >= 15 is 0 Å². The number of methoxy groups -OCH3 is 1. The summed E-state index contributed by atoms with van der Waals surface area (Å²) in [6.45, 7) is 5.46. The Morgan fingerprint density at radius 2 is 2.21 bits per heavy atom. The fraction of sp³-hybridized carbons (Fsp3) is 0.900. The van der Waals surface area contributed by atoms with Crippen LogP contribution in [0.25, 0.3) is 0 Å². The molecule has 0 aliphatic rings. The summed E-state index contributed by atoms with van der Waals surface area (Å²) in [5.74, 6) is 0.217. The Hall–Kier alpha value is -0.610. The van der Waals surface area contributed by atoms with Crippen LogP contribution in [-0.4, -0.2) is 32.2 Å². The molecule has 0 heterocycles. The van der Waals surface area contributed by atoms with Gasteiger partial charge in [-0.2, -0.15) is 0 Å². The Morgan fingerprint density at radius 1 is 1.57 bits per heavy atom.